The van der Waals surface area contributed by atoms with Gasteiger partial charge < -0.3 is 9.14 Å². The maximum absolute atomic E-state index is 13.1. The molecule has 0 bridgehead atoms. The van der Waals surface area contributed by atoms with Crippen molar-refractivity contribution in [1.29, 1.82) is 0 Å². The zero-order chi connectivity index (χ0) is 22.8. The second-order valence-electron chi connectivity index (χ2n) is 7.69. The van der Waals surface area contributed by atoms with Gasteiger partial charge in [-0.15, -0.1) is 11.3 Å². The van der Waals surface area contributed by atoms with E-state index in [1.165, 1.54) is 23.5 Å². The average molecular weight is 470 g/mol. The fraction of sp³-hybridized carbons (Fsp3) is 0.261. The summed E-state index contributed by atoms with van der Waals surface area (Å²) in [6.45, 7) is 3.88. The van der Waals surface area contributed by atoms with Gasteiger partial charge in [0, 0.05) is 48.5 Å². The molecule has 10 heteroatoms. The van der Waals surface area contributed by atoms with E-state index in [0.29, 0.717) is 34.1 Å². The largest absolute Gasteiger partial charge is 0.379 e. The summed E-state index contributed by atoms with van der Waals surface area (Å²) < 4.78 is 33.3. The number of benzene rings is 1. The number of carbonyl (C=O) groups excluding carboxylic acids is 1. The van der Waals surface area contributed by atoms with Gasteiger partial charge in [0.05, 0.1) is 30.2 Å². The third-order valence-electron chi connectivity index (χ3n) is 5.42. The van der Waals surface area contributed by atoms with E-state index in [1.54, 1.807) is 41.1 Å². The average Bonchev–Trinajstić information content (AvgIpc) is 3.46. The summed E-state index contributed by atoms with van der Waals surface area (Å²) in [4.78, 5) is 24.3. The number of hydrogen-bond acceptors (Lipinski definition) is 6. The number of thiazole rings is 1. The van der Waals surface area contributed by atoms with Crippen molar-refractivity contribution in [3.63, 3.8) is 0 Å². The predicted octanol–water partition coefficient (Wildman–Crippen LogP) is 4.48. The molecule has 0 spiro atoms. The molecule has 7 nitrogen and oxygen atoms in total. The van der Waals surface area contributed by atoms with Crippen LogP contribution in [0.4, 0.5) is 13.9 Å². The highest BCUT2D eigenvalue weighted by atomic mass is 32.1. The lowest BCUT2D eigenvalue weighted by molar-refractivity contribution is 0.0337. The van der Waals surface area contributed by atoms with Crippen molar-refractivity contribution in [1.82, 2.24) is 19.3 Å². The summed E-state index contributed by atoms with van der Waals surface area (Å²) in [5.74, 6) is -0.327. The monoisotopic (exact) mass is 469 g/mol. The molecule has 0 unspecified atom stereocenters. The second-order valence-corrected chi connectivity index (χ2v) is 8.55. The number of amides is 1. The number of nitrogens with zero attached hydrogens (tertiary/aromatic N) is 4. The molecule has 1 saturated heterocycles. The van der Waals surface area contributed by atoms with Crippen LogP contribution >= 0.6 is 11.3 Å². The molecule has 33 heavy (non-hydrogen) atoms. The molecule has 0 atom stereocenters. The van der Waals surface area contributed by atoms with Crippen LogP contribution < -0.4 is 5.32 Å². The quantitative estimate of drug-likeness (QED) is 0.451. The summed E-state index contributed by atoms with van der Waals surface area (Å²) in [7, 11) is 0. The zero-order valence-electron chi connectivity index (χ0n) is 17.6. The normalized spacial score (nSPS) is 14.8. The number of aromatic nitrogens is 3. The third-order valence-corrected chi connectivity index (χ3v) is 6.23. The Morgan fingerprint density at radius 2 is 2.03 bits per heavy atom. The van der Waals surface area contributed by atoms with Crippen molar-refractivity contribution >= 4 is 28.0 Å². The van der Waals surface area contributed by atoms with Crippen LogP contribution in [0, 0.1) is 0 Å². The highest BCUT2D eigenvalue weighted by molar-refractivity contribution is 7.14. The number of nitrogens with one attached hydrogen (secondary N) is 1. The van der Waals surface area contributed by atoms with Crippen molar-refractivity contribution in [2.45, 2.75) is 13.0 Å². The van der Waals surface area contributed by atoms with Crippen LogP contribution in [-0.2, 0) is 11.3 Å². The lowest BCUT2D eigenvalue weighted by Gasteiger charge is -2.25. The molecule has 0 saturated carbocycles. The van der Waals surface area contributed by atoms with Crippen LogP contribution in [0.2, 0.25) is 0 Å². The maximum Gasteiger partial charge on any atom is 0.263 e. The zero-order valence-corrected chi connectivity index (χ0v) is 18.4. The minimum atomic E-state index is -2.56. The van der Waals surface area contributed by atoms with Gasteiger partial charge in [0.15, 0.2) is 5.13 Å². The molecule has 1 amide bonds. The molecule has 5 rings (SSSR count). The van der Waals surface area contributed by atoms with E-state index in [0.717, 1.165) is 32.0 Å². The third kappa shape index (κ3) is 4.77. The number of rotatable bonds is 6. The van der Waals surface area contributed by atoms with Crippen LogP contribution in [0.15, 0.2) is 54.2 Å². The van der Waals surface area contributed by atoms with E-state index in [-0.39, 0.29) is 11.5 Å². The van der Waals surface area contributed by atoms with E-state index in [4.69, 9.17) is 4.74 Å². The lowest BCUT2D eigenvalue weighted by Crippen LogP contribution is -2.35. The fourth-order valence-corrected chi connectivity index (χ4v) is 4.45. The number of morpholine rings is 1. The van der Waals surface area contributed by atoms with E-state index in [1.807, 2.05) is 5.38 Å². The van der Waals surface area contributed by atoms with Gasteiger partial charge in [0.2, 0.25) is 0 Å². The topological polar surface area (TPSA) is 71.8 Å². The molecule has 1 aliphatic rings. The van der Waals surface area contributed by atoms with E-state index in [2.05, 4.69) is 20.2 Å². The Labute approximate surface area is 192 Å². The van der Waals surface area contributed by atoms with Gasteiger partial charge in [-0.05, 0) is 18.2 Å². The predicted molar refractivity (Wildman–Crippen MR) is 122 cm³/mol. The first kappa shape index (κ1) is 21.6. The summed E-state index contributed by atoms with van der Waals surface area (Å²) in [6.07, 6.45) is 0.930. The van der Waals surface area contributed by atoms with Gasteiger partial charge in [-0.2, -0.15) is 0 Å². The Morgan fingerprint density at radius 1 is 1.18 bits per heavy atom. The number of pyridine rings is 1. The Bertz CT molecular complexity index is 1280. The van der Waals surface area contributed by atoms with Gasteiger partial charge >= 0.3 is 0 Å². The molecule has 4 heterocycles. The molecular weight excluding hydrogens is 448 g/mol. The molecule has 3 aromatic heterocycles. The van der Waals surface area contributed by atoms with Crippen molar-refractivity contribution in [2.75, 3.05) is 31.6 Å². The Morgan fingerprint density at radius 3 is 2.85 bits per heavy atom. The first-order chi connectivity index (χ1) is 16.1. The Balaban J connectivity index is 1.35. The van der Waals surface area contributed by atoms with Crippen LogP contribution in [0.25, 0.3) is 16.9 Å². The van der Waals surface area contributed by atoms with Crippen molar-refractivity contribution in [2.24, 2.45) is 0 Å². The van der Waals surface area contributed by atoms with Crippen LogP contribution in [0.3, 0.4) is 0 Å². The molecule has 1 fully saturated rings. The minimum Gasteiger partial charge on any atom is -0.379 e. The smallest absolute Gasteiger partial charge is 0.263 e. The van der Waals surface area contributed by atoms with Crippen molar-refractivity contribution < 1.29 is 18.3 Å². The van der Waals surface area contributed by atoms with Crippen molar-refractivity contribution in [3.8, 4) is 11.3 Å². The number of ether oxygens (including phenoxy) is 1. The number of hydrogen-bond donors (Lipinski definition) is 1. The van der Waals surface area contributed by atoms with E-state index >= 15 is 0 Å². The highest BCUT2D eigenvalue weighted by Gasteiger charge is 2.17. The molecule has 170 valence electrons. The molecule has 1 N–H and O–H groups in total. The fourth-order valence-electron chi connectivity index (χ4n) is 3.75. The molecule has 0 radical (unpaired) electrons. The van der Waals surface area contributed by atoms with E-state index in [9.17, 15) is 13.6 Å². The number of carbonyl (C=O) groups is 1. The van der Waals surface area contributed by atoms with Gasteiger partial charge in [-0.1, -0.05) is 18.2 Å². The molecular formula is C23H21F2N5O2S. The highest BCUT2D eigenvalue weighted by Crippen LogP contribution is 2.26. The first-order valence-corrected chi connectivity index (χ1v) is 11.4. The van der Waals surface area contributed by atoms with Crippen molar-refractivity contribution in [3.05, 3.63) is 71.0 Å². The van der Waals surface area contributed by atoms with Crippen LogP contribution in [0.1, 0.15) is 28.0 Å². The minimum absolute atomic E-state index is 0.0702. The summed E-state index contributed by atoms with van der Waals surface area (Å²) >= 11 is 1.37. The van der Waals surface area contributed by atoms with E-state index < -0.39 is 6.43 Å². The number of halogens is 2. The van der Waals surface area contributed by atoms with Gasteiger partial charge in [-0.3, -0.25) is 15.0 Å². The number of alkyl halides is 2. The summed E-state index contributed by atoms with van der Waals surface area (Å²) in [5.41, 5.74) is 2.73. The molecule has 0 aliphatic carbocycles. The number of imidazole rings is 1. The maximum atomic E-state index is 13.1. The first-order valence-electron chi connectivity index (χ1n) is 10.5. The number of anilines is 1. The summed E-state index contributed by atoms with van der Waals surface area (Å²) in [6, 6.07) is 9.51. The SMILES string of the molecule is O=C(Nc1nc(CN2CCOCC2)cs1)c1cccn2cc(-c3cccc(C(F)F)c3)nc12. The number of fused-ring (bicyclic) bond motifs is 1. The van der Waals surface area contributed by atoms with Crippen LogP contribution in [-0.4, -0.2) is 51.5 Å². The Hall–Kier alpha value is -3.21. The molecule has 1 aliphatic heterocycles. The molecule has 1 aromatic carbocycles. The second kappa shape index (κ2) is 9.34. The van der Waals surface area contributed by atoms with Crippen LogP contribution in [0.5, 0.6) is 0 Å². The summed E-state index contributed by atoms with van der Waals surface area (Å²) in [5, 5.41) is 5.31. The Kier molecular flexibility index (Phi) is 6.12. The standard InChI is InChI=1S/C23H21F2N5O2S/c24-20(25)16-4-1-3-15(11-16)19-13-30-6-2-5-18(21(30)27-19)22(31)28-23-26-17(14-33-23)12-29-7-9-32-10-8-29/h1-6,11,13-14,20H,7-10,12H2,(H,26,28,31). The van der Waals surface area contributed by atoms with Gasteiger partial charge in [-0.25, -0.2) is 18.7 Å². The molecule has 4 aromatic rings. The van der Waals surface area contributed by atoms with Gasteiger partial charge in [0.25, 0.3) is 12.3 Å². The lowest BCUT2D eigenvalue weighted by atomic mass is 10.1. The van der Waals surface area contributed by atoms with Gasteiger partial charge in [0.1, 0.15) is 5.65 Å².